The number of rotatable bonds is 10. The number of ether oxygens (including phenoxy) is 2. The maximum atomic E-state index is 12.2. The topological polar surface area (TPSA) is 145 Å². The number of benzene rings is 2. The van der Waals surface area contributed by atoms with Crippen LogP contribution in [0, 0.1) is 10.1 Å². The lowest BCUT2D eigenvalue weighted by Gasteiger charge is -2.14. The van der Waals surface area contributed by atoms with Gasteiger partial charge < -0.3 is 14.8 Å². The minimum absolute atomic E-state index is 0.0110. The molecule has 0 fully saturated rings. The zero-order valence-corrected chi connectivity index (χ0v) is 18.5. The van der Waals surface area contributed by atoms with Gasteiger partial charge in [0, 0.05) is 31.8 Å². The molecule has 32 heavy (non-hydrogen) atoms. The summed E-state index contributed by atoms with van der Waals surface area (Å²) in [7, 11) is -0.672. The number of nitrogens with one attached hydrogen (secondary N) is 1. The van der Waals surface area contributed by atoms with Crippen molar-refractivity contribution in [2.75, 3.05) is 27.3 Å². The first-order valence-electron chi connectivity index (χ1n) is 9.39. The Kier molecular flexibility index (Phi) is 8.27. The molecule has 1 N–H and O–H groups in total. The highest BCUT2D eigenvalue weighted by Gasteiger charge is 2.20. The van der Waals surface area contributed by atoms with Crippen LogP contribution in [0.4, 0.5) is 5.69 Å². The van der Waals surface area contributed by atoms with Crippen LogP contribution >= 0.6 is 0 Å². The highest BCUT2D eigenvalue weighted by atomic mass is 32.2. The van der Waals surface area contributed by atoms with Crippen molar-refractivity contribution in [3.63, 3.8) is 0 Å². The predicted octanol–water partition coefficient (Wildman–Crippen LogP) is 1.59. The van der Waals surface area contributed by atoms with Gasteiger partial charge in [0.05, 0.1) is 9.82 Å². The largest absolute Gasteiger partial charge is 0.490 e. The Bertz CT molecular complexity index is 1080. The van der Waals surface area contributed by atoms with E-state index in [2.05, 4.69) is 5.32 Å². The van der Waals surface area contributed by atoms with Crippen LogP contribution in [0.5, 0.6) is 5.75 Å². The van der Waals surface area contributed by atoms with E-state index in [0.29, 0.717) is 5.75 Å². The molecule has 0 bridgehead atoms. The molecule has 0 heterocycles. The number of nitro groups is 1. The van der Waals surface area contributed by atoms with Crippen molar-refractivity contribution in [2.24, 2.45) is 0 Å². The predicted molar refractivity (Wildman–Crippen MR) is 114 cm³/mol. The molecule has 0 radical (unpaired) electrons. The van der Waals surface area contributed by atoms with Gasteiger partial charge in [0.2, 0.25) is 10.0 Å². The van der Waals surface area contributed by atoms with Gasteiger partial charge in [-0.25, -0.2) is 17.5 Å². The van der Waals surface area contributed by atoms with E-state index >= 15 is 0 Å². The van der Waals surface area contributed by atoms with Crippen molar-refractivity contribution >= 4 is 27.6 Å². The first-order chi connectivity index (χ1) is 15.0. The van der Waals surface area contributed by atoms with Gasteiger partial charge in [-0.3, -0.25) is 14.9 Å². The maximum Gasteiger partial charge on any atom is 0.328 e. The fourth-order valence-electron chi connectivity index (χ4n) is 2.45. The number of hydrogen-bond donors (Lipinski definition) is 1. The van der Waals surface area contributed by atoms with Crippen molar-refractivity contribution < 1.29 is 32.4 Å². The molecule has 2 aromatic rings. The van der Waals surface area contributed by atoms with Crippen LogP contribution in [0.15, 0.2) is 53.4 Å². The zero-order valence-electron chi connectivity index (χ0n) is 17.7. The number of carbonyl (C=O) groups excluding carboxylic acids is 2. The van der Waals surface area contributed by atoms with Crippen molar-refractivity contribution in [1.82, 2.24) is 9.62 Å². The first kappa shape index (κ1) is 24.8. The van der Waals surface area contributed by atoms with Gasteiger partial charge in [-0.15, -0.1) is 0 Å². The lowest BCUT2D eigenvalue weighted by atomic mass is 10.2. The second-order valence-electron chi connectivity index (χ2n) is 6.78. The zero-order chi connectivity index (χ0) is 23.9. The fraction of sp³-hybridized carbons (Fsp3) is 0.300. The summed E-state index contributed by atoms with van der Waals surface area (Å²) in [6.07, 6.45) is 0. The smallest absolute Gasteiger partial charge is 0.328 e. The van der Waals surface area contributed by atoms with Gasteiger partial charge in [-0.05, 0) is 37.3 Å². The summed E-state index contributed by atoms with van der Waals surface area (Å²) in [5.41, 5.74) is -0.195. The monoisotopic (exact) mass is 465 g/mol. The molecule has 12 heteroatoms. The number of esters is 1. The fourth-order valence-corrected chi connectivity index (χ4v) is 3.35. The number of carbonyl (C=O) groups is 2. The molecular formula is C20H23N3O8S. The molecule has 1 atom stereocenters. The van der Waals surface area contributed by atoms with Crippen LogP contribution in [0.1, 0.15) is 17.3 Å². The summed E-state index contributed by atoms with van der Waals surface area (Å²) in [6.45, 7) is 1.33. The Labute approximate surface area is 185 Å². The average molecular weight is 465 g/mol. The van der Waals surface area contributed by atoms with E-state index < -0.39 is 32.9 Å². The van der Waals surface area contributed by atoms with Gasteiger partial charge in [0.15, 0.2) is 0 Å². The second-order valence-corrected chi connectivity index (χ2v) is 8.93. The van der Waals surface area contributed by atoms with E-state index in [1.165, 1.54) is 63.5 Å². The SMILES string of the molecule is C[C@H](NC(=O)c1cccc([N+](=O)[O-])c1)C(=O)OCCOc1ccc(S(=O)(=O)N(C)C)cc1. The molecule has 172 valence electrons. The van der Waals surface area contributed by atoms with E-state index in [4.69, 9.17) is 9.47 Å². The molecule has 0 aliphatic rings. The highest BCUT2D eigenvalue weighted by Crippen LogP contribution is 2.18. The minimum Gasteiger partial charge on any atom is -0.490 e. The van der Waals surface area contributed by atoms with E-state index in [9.17, 15) is 28.1 Å². The molecule has 0 aromatic heterocycles. The number of nitro benzene ring substituents is 1. The molecule has 1 amide bonds. The third-order valence-corrected chi connectivity index (χ3v) is 6.05. The second kappa shape index (κ2) is 10.7. The van der Waals surface area contributed by atoms with Gasteiger partial charge in [-0.2, -0.15) is 0 Å². The average Bonchev–Trinajstić information content (AvgIpc) is 2.76. The third-order valence-electron chi connectivity index (χ3n) is 4.22. The number of sulfonamides is 1. The molecule has 0 saturated carbocycles. The number of nitrogens with zero attached hydrogens (tertiary/aromatic N) is 2. The summed E-state index contributed by atoms with van der Waals surface area (Å²) in [6, 6.07) is 9.92. The molecule has 11 nitrogen and oxygen atoms in total. The van der Waals surface area contributed by atoms with Gasteiger partial charge >= 0.3 is 5.97 Å². The number of non-ortho nitro benzene ring substituents is 1. The van der Waals surface area contributed by atoms with E-state index in [1.807, 2.05) is 0 Å². The van der Waals surface area contributed by atoms with Crippen LogP contribution in [0.25, 0.3) is 0 Å². The summed E-state index contributed by atoms with van der Waals surface area (Å²) in [4.78, 5) is 34.5. The molecule has 0 aliphatic heterocycles. The molecule has 2 aromatic carbocycles. The van der Waals surface area contributed by atoms with Crippen molar-refractivity contribution in [2.45, 2.75) is 17.9 Å². The number of hydrogen-bond acceptors (Lipinski definition) is 8. The van der Waals surface area contributed by atoms with Crippen molar-refractivity contribution in [3.05, 3.63) is 64.2 Å². The summed E-state index contributed by atoms with van der Waals surface area (Å²) < 4.78 is 35.6. The van der Waals surface area contributed by atoms with Crippen LogP contribution in [0.3, 0.4) is 0 Å². The maximum absolute atomic E-state index is 12.2. The molecule has 2 rings (SSSR count). The third kappa shape index (κ3) is 6.49. The Hall–Kier alpha value is -3.51. The van der Waals surface area contributed by atoms with Crippen LogP contribution < -0.4 is 10.1 Å². The first-order valence-corrected chi connectivity index (χ1v) is 10.8. The normalized spacial score (nSPS) is 12.1. The lowest BCUT2D eigenvalue weighted by molar-refractivity contribution is -0.384. The highest BCUT2D eigenvalue weighted by molar-refractivity contribution is 7.89. The quantitative estimate of drug-likeness (QED) is 0.241. The van der Waals surface area contributed by atoms with Crippen molar-refractivity contribution in [1.29, 1.82) is 0 Å². The van der Waals surface area contributed by atoms with Gasteiger partial charge in [0.25, 0.3) is 11.6 Å². The standard InChI is InChI=1S/C20H23N3O8S/c1-14(21-19(24)15-5-4-6-16(13-15)23(26)27)20(25)31-12-11-30-17-7-9-18(10-8-17)32(28,29)22(2)3/h4-10,13-14H,11-12H2,1-3H3,(H,21,24)/t14-/m0/s1. The van der Waals surface area contributed by atoms with E-state index in [-0.39, 0.29) is 29.4 Å². The molecule has 0 spiro atoms. The molecule has 0 unspecified atom stereocenters. The Morgan fingerprint density at radius 2 is 1.78 bits per heavy atom. The van der Waals surface area contributed by atoms with Gasteiger partial charge in [-0.1, -0.05) is 6.07 Å². The molecule has 0 saturated heterocycles. The summed E-state index contributed by atoms with van der Waals surface area (Å²) in [5, 5.41) is 13.2. The van der Waals surface area contributed by atoms with Crippen molar-refractivity contribution in [3.8, 4) is 5.75 Å². The molecule has 0 aliphatic carbocycles. The van der Waals surface area contributed by atoms with Crippen LogP contribution in [0.2, 0.25) is 0 Å². The summed E-state index contributed by atoms with van der Waals surface area (Å²) in [5.74, 6) is -0.965. The Balaban J connectivity index is 1.80. The Morgan fingerprint density at radius 3 is 2.38 bits per heavy atom. The van der Waals surface area contributed by atoms with Gasteiger partial charge in [0.1, 0.15) is 25.0 Å². The Morgan fingerprint density at radius 1 is 1.12 bits per heavy atom. The van der Waals surface area contributed by atoms with Crippen LogP contribution in [-0.4, -0.2) is 62.9 Å². The summed E-state index contributed by atoms with van der Waals surface area (Å²) >= 11 is 0. The number of amides is 1. The van der Waals surface area contributed by atoms with E-state index in [0.717, 1.165) is 10.4 Å². The molecular weight excluding hydrogens is 442 g/mol. The van der Waals surface area contributed by atoms with E-state index in [1.54, 1.807) is 0 Å². The van der Waals surface area contributed by atoms with Crippen LogP contribution in [-0.2, 0) is 19.6 Å². The lowest BCUT2D eigenvalue weighted by Crippen LogP contribution is -2.40. The minimum atomic E-state index is -3.54.